The second-order valence-corrected chi connectivity index (χ2v) is 7.61. The minimum atomic E-state index is -0.923. The van der Waals surface area contributed by atoms with E-state index < -0.39 is 12.1 Å². The van der Waals surface area contributed by atoms with E-state index in [-0.39, 0.29) is 16.9 Å². The number of rotatable bonds is 5. The van der Waals surface area contributed by atoms with E-state index in [1.54, 1.807) is 36.6 Å². The maximum absolute atomic E-state index is 12.8. The number of carbonyl (C=O) groups excluding carboxylic acids is 2. The Bertz CT molecular complexity index is 1220. The standard InChI is InChI=1S/C24H26N2O4/c1-7-26-21-9-8-18(12-20(21)25-16(5)23(26)28)24(29)30-17(6)22(27)19-11-14(3)13(2)10-15(19)4/h8-12,17H,7H2,1-6H3/t17-/m1/s1. The van der Waals surface area contributed by atoms with Crippen LogP contribution in [0, 0.1) is 27.7 Å². The number of ketones is 1. The first kappa shape index (κ1) is 21.4. The Morgan fingerprint density at radius 1 is 1.03 bits per heavy atom. The average Bonchev–Trinajstić information content (AvgIpc) is 2.70. The number of esters is 1. The van der Waals surface area contributed by atoms with E-state index in [1.807, 2.05) is 39.8 Å². The van der Waals surface area contributed by atoms with Crippen LogP contribution >= 0.6 is 0 Å². The number of aromatic nitrogens is 2. The number of nitrogens with zero attached hydrogens (tertiary/aromatic N) is 2. The second kappa shape index (κ2) is 8.22. The summed E-state index contributed by atoms with van der Waals surface area (Å²) >= 11 is 0. The summed E-state index contributed by atoms with van der Waals surface area (Å²) in [6.45, 7) is 11.4. The topological polar surface area (TPSA) is 78.3 Å². The summed E-state index contributed by atoms with van der Waals surface area (Å²) in [4.78, 5) is 42.1. The van der Waals surface area contributed by atoms with E-state index in [2.05, 4.69) is 4.98 Å². The molecule has 0 saturated heterocycles. The van der Waals surface area contributed by atoms with Crippen molar-refractivity contribution >= 4 is 22.8 Å². The summed E-state index contributed by atoms with van der Waals surface area (Å²) < 4.78 is 7.06. The lowest BCUT2D eigenvalue weighted by atomic mass is 9.96. The van der Waals surface area contributed by atoms with Gasteiger partial charge >= 0.3 is 5.97 Å². The molecule has 2 aromatic carbocycles. The van der Waals surface area contributed by atoms with Gasteiger partial charge in [-0.15, -0.1) is 0 Å². The fourth-order valence-corrected chi connectivity index (χ4v) is 3.54. The normalized spacial score (nSPS) is 12.1. The van der Waals surface area contributed by atoms with E-state index in [0.29, 0.717) is 28.8 Å². The molecule has 0 fully saturated rings. The number of hydrogen-bond donors (Lipinski definition) is 0. The average molecular weight is 406 g/mol. The van der Waals surface area contributed by atoms with Gasteiger partial charge in [-0.2, -0.15) is 0 Å². The van der Waals surface area contributed by atoms with Gasteiger partial charge in [0.25, 0.3) is 5.56 Å². The highest BCUT2D eigenvalue weighted by Crippen LogP contribution is 2.19. The molecular weight excluding hydrogens is 380 g/mol. The summed E-state index contributed by atoms with van der Waals surface area (Å²) in [6, 6.07) is 8.66. The molecule has 1 atom stereocenters. The third kappa shape index (κ3) is 3.90. The molecule has 1 aromatic heterocycles. The molecule has 6 nitrogen and oxygen atoms in total. The first-order valence-electron chi connectivity index (χ1n) is 9.98. The van der Waals surface area contributed by atoms with Crippen LogP contribution in [-0.4, -0.2) is 27.4 Å². The summed E-state index contributed by atoms with van der Waals surface area (Å²) in [6.07, 6.45) is -0.923. The Labute approximate surface area is 175 Å². The van der Waals surface area contributed by atoms with Gasteiger partial charge in [-0.25, -0.2) is 9.78 Å². The third-order valence-corrected chi connectivity index (χ3v) is 5.42. The predicted octanol–water partition coefficient (Wildman–Crippen LogP) is 4.08. The van der Waals surface area contributed by atoms with Gasteiger partial charge in [0, 0.05) is 12.1 Å². The molecule has 30 heavy (non-hydrogen) atoms. The van der Waals surface area contributed by atoms with E-state index in [9.17, 15) is 14.4 Å². The van der Waals surface area contributed by atoms with Gasteiger partial charge in [0.05, 0.1) is 16.6 Å². The lowest BCUT2D eigenvalue weighted by Gasteiger charge is -2.15. The van der Waals surface area contributed by atoms with Crippen LogP contribution in [0.1, 0.15) is 56.9 Å². The van der Waals surface area contributed by atoms with Crippen LogP contribution in [-0.2, 0) is 11.3 Å². The number of ether oxygens (including phenoxy) is 1. The molecule has 0 aliphatic rings. The quantitative estimate of drug-likeness (QED) is 0.471. The van der Waals surface area contributed by atoms with Crippen molar-refractivity contribution in [3.05, 3.63) is 74.2 Å². The summed E-state index contributed by atoms with van der Waals surface area (Å²) in [5.41, 5.74) is 5.22. The van der Waals surface area contributed by atoms with Crippen molar-refractivity contribution in [2.24, 2.45) is 0 Å². The molecule has 3 aromatic rings. The van der Waals surface area contributed by atoms with Crippen molar-refractivity contribution in [1.29, 1.82) is 0 Å². The van der Waals surface area contributed by atoms with Crippen molar-refractivity contribution in [2.45, 2.75) is 54.2 Å². The van der Waals surface area contributed by atoms with Gasteiger partial charge in [-0.05, 0) is 82.5 Å². The largest absolute Gasteiger partial charge is 0.451 e. The number of aryl methyl sites for hydroxylation is 5. The molecule has 0 aliphatic carbocycles. The molecule has 0 saturated carbocycles. The summed E-state index contributed by atoms with van der Waals surface area (Å²) in [7, 11) is 0. The zero-order valence-electron chi connectivity index (χ0n) is 18.2. The first-order chi connectivity index (χ1) is 14.1. The predicted molar refractivity (Wildman–Crippen MR) is 116 cm³/mol. The van der Waals surface area contributed by atoms with E-state index >= 15 is 0 Å². The highest BCUT2D eigenvalue weighted by Gasteiger charge is 2.23. The minimum absolute atomic E-state index is 0.150. The van der Waals surface area contributed by atoms with Crippen molar-refractivity contribution in [1.82, 2.24) is 9.55 Å². The van der Waals surface area contributed by atoms with Crippen LogP contribution in [0.25, 0.3) is 11.0 Å². The Morgan fingerprint density at radius 3 is 2.37 bits per heavy atom. The van der Waals surface area contributed by atoms with Gasteiger partial charge in [-0.3, -0.25) is 9.59 Å². The molecule has 0 bridgehead atoms. The number of fused-ring (bicyclic) bond motifs is 1. The lowest BCUT2D eigenvalue weighted by Crippen LogP contribution is -2.26. The van der Waals surface area contributed by atoms with Crippen molar-refractivity contribution < 1.29 is 14.3 Å². The van der Waals surface area contributed by atoms with Crippen LogP contribution in [0.2, 0.25) is 0 Å². The molecule has 0 N–H and O–H groups in total. The molecule has 0 radical (unpaired) electrons. The Hall–Kier alpha value is -3.28. The van der Waals surface area contributed by atoms with Gasteiger partial charge in [0.1, 0.15) is 5.69 Å². The monoisotopic (exact) mass is 406 g/mol. The fraction of sp³-hybridized carbons (Fsp3) is 0.333. The molecule has 1 heterocycles. The first-order valence-corrected chi connectivity index (χ1v) is 9.98. The smallest absolute Gasteiger partial charge is 0.338 e. The molecule has 156 valence electrons. The maximum Gasteiger partial charge on any atom is 0.338 e. The van der Waals surface area contributed by atoms with Crippen LogP contribution < -0.4 is 5.56 Å². The van der Waals surface area contributed by atoms with Gasteiger partial charge in [0.2, 0.25) is 5.78 Å². The third-order valence-electron chi connectivity index (χ3n) is 5.42. The zero-order valence-corrected chi connectivity index (χ0v) is 18.2. The molecular formula is C24H26N2O4. The SMILES string of the molecule is CCn1c(=O)c(C)nc2cc(C(=O)O[C@H](C)C(=O)c3cc(C)c(C)cc3C)ccc21. The summed E-state index contributed by atoms with van der Waals surface area (Å²) in [5.74, 6) is -0.841. The molecule has 0 aliphatic heterocycles. The van der Waals surface area contributed by atoms with Crippen molar-refractivity contribution in [3.8, 4) is 0 Å². The van der Waals surface area contributed by atoms with E-state index in [1.165, 1.54) is 0 Å². The second-order valence-electron chi connectivity index (χ2n) is 7.61. The van der Waals surface area contributed by atoms with Crippen molar-refractivity contribution in [2.75, 3.05) is 0 Å². The molecule has 0 unspecified atom stereocenters. The summed E-state index contributed by atoms with van der Waals surface area (Å²) in [5, 5.41) is 0. The van der Waals surface area contributed by atoms with Gasteiger partial charge in [-0.1, -0.05) is 6.07 Å². The molecule has 3 rings (SSSR count). The highest BCUT2D eigenvalue weighted by atomic mass is 16.5. The number of hydrogen-bond acceptors (Lipinski definition) is 5. The van der Waals surface area contributed by atoms with Crippen molar-refractivity contribution in [3.63, 3.8) is 0 Å². The van der Waals surface area contributed by atoms with Crippen LogP contribution in [0.5, 0.6) is 0 Å². The van der Waals surface area contributed by atoms with Gasteiger partial charge < -0.3 is 9.30 Å². The van der Waals surface area contributed by atoms with Crippen LogP contribution in [0.15, 0.2) is 35.1 Å². The lowest BCUT2D eigenvalue weighted by molar-refractivity contribution is 0.0318. The van der Waals surface area contributed by atoms with Gasteiger partial charge in [0.15, 0.2) is 6.10 Å². The number of carbonyl (C=O) groups is 2. The zero-order chi connectivity index (χ0) is 22.2. The Morgan fingerprint density at radius 2 is 1.70 bits per heavy atom. The maximum atomic E-state index is 12.8. The Kier molecular flexibility index (Phi) is 5.87. The number of Topliss-reactive ketones (excluding diaryl/α,β-unsaturated/α-hetero) is 1. The molecule has 0 amide bonds. The molecule has 6 heteroatoms. The van der Waals surface area contributed by atoms with Crippen LogP contribution in [0.3, 0.4) is 0 Å². The van der Waals surface area contributed by atoms with Crippen LogP contribution in [0.4, 0.5) is 0 Å². The van der Waals surface area contributed by atoms with E-state index in [0.717, 1.165) is 16.7 Å². The minimum Gasteiger partial charge on any atom is -0.451 e. The molecule has 0 spiro atoms. The highest BCUT2D eigenvalue weighted by molar-refractivity contribution is 6.03. The fourth-order valence-electron chi connectivity index (χ4n) is 3.54. The number of benzene rings is 2. The Balaban J connectivity index is 1.87. The van der Waals surface area contributed by atoms with E-state index in [4.69, 9.17) is 4.74 Å².